The summed E-state index contributed by atoms with van der Waals surface area (Å²) in [6, 6.07) is 4.61. The van der Waals surface area contributed by atoms with E-state index in [1.165, 1.54) is 6.92 Å². The Labute approximate surface area is 131 Å². The Bertz CT molecular complexity index is 714. The summed E-state index contributed by atoms with van der Waals surface area (Å²) in [6.07, 6.45) is 1.67. The van der Waals surface area contributed by atoms with Gasteiger partial charge in [0.2, 0.25) is 5.28 Å². The van der Waals surface area contributed by atoms with Gasteiger partial charge in [-0.3, -0.25) is 9.48 Å². The molecule has 0 radical (unpaired) electrons. The number of esters is 1. The zero-order valence-electron chi connectivity index (χ0n) is 12.7. The van der Waals surface area contributed by atoms with Crippen molar-refractivity contribution in [2.75, 3.05) is 6.79 Å². The van der Waals surface area contributed by atoms with E-state index in [2.05, 4.69) is 25.4 Å². The first-order valence-electron chi connectivity index (χ1n) is 6.80. The first kappa shape index (κ1) is 16.3. The summed E-state index contributed by atoms with van der Waals surface area (Å²) in [4.78, 5) is 15.1. The molecule has 2 N–H and O–H groups in total. The van der Waals surface area contributed by atoms with Crippen LogP contribution in [0, 0.1) is 5.21 Å². The van der Waals surface area contributed by atoms with Gasteiger partial charge in [0.05, 0.1) is 23.2 Å². The molecule has 0 amide bonds. The van der Waals surface area contributed by atoms with Crippen LogP contribution in [0.25, 0.3) is 10.9 Å². The van der Waals surface area contributed by atoms with Crippen LogP contribution in [-0.4, -0.2) is 38.7 Å². The molecule has 0 fully saturated rings. The summed E-state index contributed by atoms with van der Waals surface area (Å²) in [7, 11) is 0. The molecule has 1 heterocycles. The Morgan fingerprint density at radius 2 is 2.39 bits per heavy atom. The van der Waals surface area contributed by atoms with Crippen molar-refractivity contribution in [1.29, 1.82) is 0 Å². The molecule has 0 saturated heterocycles. The molecule has 0 spiro atoms. The number of hydrazine groups is 1. The Morgan fingerprint density at radius 3 is 3.13 bits per heavy atom. The summed E-state index contributed by atoms with van der Waals surface area (Å²) in [5.74, 6) is -0.396. The number of fused-ring (bicyclic) bond motifs is 1. The lowest BCUT2D eigenvalue weighted by Gasteiger charge is -2.11. The van der Waals surface area contributed by atoms with Crippen LogP contribution in [0.3, 0.4) is 0 Å². The lowest BCUT2D eigenvalue weighted by atomic mass is 10.2. The number of hydrogen-bond acceptors (Lipinski definition) is 7. The van der Waals surface area contributed by atoms with Crippen LogP contribution in [0.15, 0.2) is 29.7 Å². The van der Waals surface area contributed by atoms with Gasteiger partial charge in [-0.25, -0.2) is 0 Å². The number of benzene rings is 1. The van der Waals surface area contributed by atoms with Crippen molar-refractivity contribution in [3.05, 3.63) is 29.6 Å². The van der Waals surface area contributed by atoms with Crippen LogP contribution < -0.4 is 5.43 Å². The van der Waals surface area contributed by atoms with Crippen molar-refractivity contribution >= 4 is 16.9 Å². The minimum absolute atomic E-state index is 0.136. The summed E-state index contributed by atoms with van der Waals surface area (Å²) >= 11 is 0. The van der Waals surface area contributed by atoms with Crippen molar-refractivity contribution in [3.63, 3.8) is 0 Å². The van der Waals surface area contributed by atoms with Gasteiger partial charge in [0, 0.05) is 18.4 Å². The highest BCUT2D eigenvalue weighted by atomic mass is 16.8. The van der Waals surface area contributed by atoms with E-state index in [1.54, 1.807) is 36.0 Å². The molecule has 2 rings (SSSR count). The average molecular weight is 323 g/mol. The molecule has 1 aromatic carbocycles. The predicted octanol–water partition coefficient (Wildman–Crippen LogP) is 1.05. The molecule has 124 valence electrons. The topological polar surface area (TPSA) is 124 Å². The van der Waals surface area contributed by atoms with E-state index in [0.717, 1.165) is 10.9 Å². The molecule has 0 unspecified atom stereocenters. The van der Waals surface area contributed by atoms with Crippen molar-refractivity contribution in [2.45, 2.75) is 26.4 Å². The van der Waals surface area contributed by atoms with Crippen LogP contribution >= 0.6 is 0 Å². The van der Waals surface area contributed by atoms with Gasteiger partial charge < -0.3 is 19.9 Å². The standard InChI is InChI=1S/C13H17N5O5/c1-9(15-18(21)16-23-8-22-10(2)19)7-17-13-5-12(20)4-3-11(13)6-14-17/h3-6,9,20H,7-8H2,1-2H3,(H,15,16)/t9-/m0/s1. The zero-order chi connectivity index (χ0) is 16.8. The van der Waals surface area contributed by atoms with Gasteiger partial charge in [-0.2, -0.15) is 10.5 Å². The fourth-order valence-electron chi connectivity index (χ4n) is 1.90. The number of phenols is 1. The lowest BCUT2D eigenvalue weighted by molar-refractivity contribution is -0.620. The summed E-state index contributed by atoms with van der Waals surface area (Å²) < 4.78 is 6.11. The van der Waals surface area contributed by atoms with Crippen LogP contribution in [0.4, 0.5) is 0 Å². The lowest BCUT2D eigenvalue weighted by Crippen LogP contribution is -2.35. The Hall–Kier alpha value is -3.04. The van der Waals surface area contributed by atoms with Crippen molar-refractivity contribution in [2.24, 2.45) is 5.28 Å². The number of carbonyl (C=O) groups excluding carboxylic acids is 1. The first-order valence-corrected chi connectivity index (χ1v) is 6.80. The zero-order valence-corrected chi connectivity index (χ0v) is 12.7. The quantitative estimate of drug-likeness (QED) is 0.195. The van der Waals surface area contributed by atoms with Crippen molar-refractivity contribution in [3.8, 4) is 5.75 Å². The molecule has 0 aliphatic rings. The highest BCUT2D eigenvalue weighted by Crippen LogP contribution is 2.19. The molecule has 23 heavy (non-hydrogen) atoms. The van der Waals surface area contributed by atoms with Crippen LogP contribution in [0.2, 0.25) is 0 Å². The SMILES string of the molecule is CC(=O)OCO/N=[N+](\[O-])N[C@@H](C)Cn1ncc2ccc(O)cc21. The highest BCUT2D eigenvalue weighted by molar-refractivity contribution is 5.79. The van der Waals surface area contributed by atoms with Gasteiger partial charge >= 0.3 is 5.97 Å². The maximum Gasteiger partial charge on any atom is 0.305 e. The van der Waals surface area contributed by atoms with Crippen LogP contribution in [0.1, 0.15) is 13.8 Å². The molecular weight excluding hydrogens is 306 g/mol. The van der Waals surface area contributed by atoms with E-state index in [1.807, 2.05) is 0 Å². The number of phenolic OH excluding ortho intramolecular Hbond substituents is 1. The minimum atomic E-state index is -0.534. The monoisotopic (exact) mass is 323 g/mol. The largest absolute Gasteiger partial charge is 0.569 e. The molecule has 1 aromatic heterocycles. The number of nitrogens with one attached hydrogen (secondary N) is 1. The first-order chi connectivity index (χ1) is 11.0. The molecular formula is C13H17N5O5. The number of aromatic nitrogens is 2. The van der Waals surface area contributed by atoms with E-state index in [9.17, 15) is 15.1 Å². The number of ether oxygens (including phenoxy) is 1. The second-order valence-electron chi connectivity index (χ2n) is 4.84. The third-order valence-electron chi connectivity index (χ3n) is 2.85. The number of rotatable bonds is 7. The summed E-state index contributed by atoms with van der Waals surface area (Å²) in [5, 5.41) is 29.2. The van der Waals surface area contributed by atoms with E-state index in [0.29, 0.717) is 6.54 Å². The number of carbonyl (C=O) groups is 1. The maximum atomic E-state index is 11.4. The Kier molecular flexibility index (Phi) is 5.18. The van der Waals surface area contributed by atoms with E-state index >= 15 is 0 Å². The second-order valence-corrected chi connectivity index (χ2v) is 4.84. The molecule has 2 aromatic rings. The number of hydrogen-bond donors (Lipinski definition) is 2. The predicted molar refractivity (Wildman–Crippen MR) is 77.8 cm³/mol. The smallest absolute Gasteiger partial charge is 0.305 e. The molecule has 0 aliphatic carbocycles. The highest BCUT2D eigenvalue weighted by Gasteiger charge is 2.11. The average Bonchev–Trinajstić information content (AvgIpc) is 2.85. The second kappa shape index (κ2) is 7.29. The fraction of sp³-hybridized carbons (Fsp3) is 0.385. The third-order valence-corrected chi connectivity index (χ3v) is 2.85. The van der Waals surface area contributed by atoms with Gasteiger partial charge in [-0.1, -0.05) is 0 Å². The van der Waals surface area contributed by atoms with E-state index in [4.69, 9.17) is 0 Å². The Balaban J connectivity index is 1.90. The minimum Gasteiger partial charge on any atom is -0.569 e. The van der Waals surface area contributed by atoms with E-state index in [-0.39, 0.29) is 16.8 Å². The molecule has 0 saturated carbocycles. The number of aromatic hydroxyl groups is 1. The number of nitrogens with zero attached hydrogens (tertiary/aromatic N) is 4. The molecule has 10 heteroatoms. The summed E-state index contributed by atoms with van der Waals surface area (Å²) in [5.41, 5.74) is 3.26. The third kappa shape index (κ3) is 4.73. The Morgan fingerprint density at radius 1 is 1.61 bits per heavy atom. The molecule has 1 atom stereocenters. The molecule has 10 nitrogen and oxygen atoms in total. The normalized spacial score (nSPS) is 12.9. The van der Waals surface area contributed by atoms with Gasteiger partial charge in [0.15, 0.2) is 0 Å². The van der Waals surface area contributed by atoms with Crippen LogP contribution in [0.5, 0.6) is 5.75 Å². The molecule has 0 bridgehead atoms. The summed E-state index contributed by atoms with van der Waals surface area (Å²) in [6.45, 7) is 2.89. The van der Waals surface area contributed by atoms with Gasteiger partial charge in [-0.05, 0) is 19.1 Å². The van der Waals surface area contributed by atoms with Crippen LogP contribution in [-0.2, 0) is 20.9 Å². The van der Waals surface area contributed by atoms with Gasteiger partial charge in [0.25, 0.3) is 6.79 Å². The van der Waals surface area contributed by atoms with Crippen molar-refractivity contribution < 1.29 is 24.4 Å². The van der Waals surface area contributed by atoms with Gasteiger partial charge in [-0.15, -0.1) is 0 Å². The molecule has 0 aliphatic heterocycles. The maximum absolute atomic E-state index is 11.4. The fourth-order valence-corrected chi connectivity index (χ4v) is 1.90. The van der Waals surface area contributed by atoms with E-state index < -0.39 is 12.8 Å². The van der Waals surface area contributed by atoms with Gasteiger partial charge in [0.1, 0.15) is 11.8 Å². The van der Waals surface area contributed by atoms with Crippen molar-refractivity contribution in [1.82, 2.24) is 15.2 Å².